The number of ether oxygens (including phenoxy) is 1. The fraction of sp³-hybridized carbons (Fsp3) is 0.200. The van der Waals surface area contributed by atoms with Gasteiger partial charge in [0.1, 0.15) is 11.6 Å². The van der Waals surface area contributed by atoms with Crippen LogP contribution in [-0.4, -0.2) is 38.7 Å². The molecule has 1 atom stereocenters. The van der Waals surface area contributed by atoms with Gasteiger partial charge in [0.15, 0.2) is 15.8 Å². The number of phenolic OH excluding ortho intramolecular Hbond substituents is 1. The summed E-state index contributed by atoms with van der Waals surface area (Å²) in [7, 11) is 0. The van der Waals surface area contributed by atoms with Crippen LogP contribution >= 0.6 is 23.1 Å². The second kappa shape index (κ2) is 11.7. The fourth-order valence-corrected chi connectivity index (χ4v) is 6.36. The number of Topliss-reactive ketones (excluding diaryl/α,β-unsaturated/α-hetero) is 1. The first-order valence-electron chi connectivity index (χ1n) is 12.7. The van der Waals surface area contributed by atoms with Crippen molar-refractivity contribution in [3.05, 3.63) is 99.9 Å². The van der Waals surface area contributed by atoms with Crippen molar-refractivity contribution in [2.75, 3.05) is 11.5 Å². The molecule has 2 N–H and O–H groups in total. The highest BCUT2D eigenvalue weighted by Crippen LogP contribution is 2.45. The highest BCUT2D eigenvalue weighted by atomic mass is 32.2. The largest absolute Gasteiger partial charge is 0.507 e. The number of thioether (sulfide) groups is 1. The fourth-order valence-electron chi connectivity index (χ4n) is 4.54. The van der Waals surface area contributed by atoms with E-state index >= 15 is 0 Å². The Kier molecular flexibility index (Phi) is 8.09. The maximum atomic E-state index is 13.5. The van der Waals surface area contributed by atoms with E-state index in [0.717, 1.165) is 28.0 Å². The third-order valence-electron chi connectivity index (χ3n) is 6.57. The smallest absolute Gasteiger partial charge is 0.301 e. The summed E-state index contributed by atoms with van der Waals surface area (Å²) in [4.78, 5) is 28.3. The van der Waals surface area contributed by atoms with E-state index in [-0.39, 0.29) is 40.4 Å². The summed E-state index contributed by atoms with van der Waals surface area (Å²) >= 11 is 2.49. The number of phenols is 1. The molecule has 1 amide bonds. The number of amides is 1. The molecule has 2 heterocycles. The van der Waals surface area contributed by atoms with E-state index < -0.39 is 17.7 Å². The molecule has 11 heteroatoms. The average molecular weight is 592 g/mol. The van der Waals surface area contributed by atoms with Gasteiger partial charge in [-0.25, -0.2) is 4.39 Å². The number of aliphatic hydroxyl groups is 1. The molecule has 0 saturated carbocycles. The molecule has 1 aliphatic rings. The van der Waals surface area contributed by atoms with Crippen LogP contribution in [0.2, 0.25) is 0 Å². The van der Waals surface area contributed by atoms with Gasteiger partial charge in [0.05, 0.1) is 18.2 Å². The number of anilines is 1. The Morgan fingerprint density at radius 2 is 1.83 bits per heavy atom. The van der Waals surface area contributed by atoms with E-state index in [1.807, 2.05) is 26.0 Å². The summed E-state index contributed by atoms with van der Waals surface area (Å²) in [5.74, 6) is -1.78. The minimum atomic E-state index is -1.06. The van der Waals surface area contributed by atoms with E-state index in [9.17, 15) is 24.2 Å². The first-order chi connectivity index (χ1) is 19.7. The summed E-state index contributed by atoms with van der Waals surface area (Å²) in [6.07, 6.45) is 0. The maximum Gasteiger partial charge on any atom is 0.301 e. The standard InChI is InChI=1S/C30H26FN3O5S2/c1-4-39-23-14-19(9-12-22(23)35)25-24(26(36)21-13-16(2)5-6-17(21)3)27(37)28(38)34(25)29-32-33-30(41-29)40-15-18-7-10-20(31)11-8-18/h5-14,25,35-36H,4,15H2,1-3H3/b26-24+. The normalized spacial score (nSPS) is 16.4. The zero-order valence-electron chi connectivity index (χ0n) is 22.4. The van der Waals surface area contributed by atoms with Gasteiger partial charge in [-0.1, -0.05) is 59.0 Å². The molecule has 41 heavy (non-hydrogen) atoms. The number of hydrogen-bond acceptors (Lipinski definition) is 9. The van der Waals surface area contributed by atoms with Crippen molar-refractivity contribution >= 4 is 45.7 Å². The van der Waals surface area contributed by atoms with E-state index in [0.29, 0.717) is 21.2 Å². The van der Waals surface area contributed by atoms with Crippen LogP contribution < -0.4 is 9.64 Å². The molecule has 1 aromatic heterocycles. The van der Waals surface area contributed by atoms with Crippen LogP contribution in [-0.2, 0) is 15.3 Å². The lowest BCUT2D eigenvalue weighted by Gasteiger charge is -2.23. The molecule has 0 bridgehead atoms. The molecule has 1 saturated heterocycles. The second-order valence-corrected chi connectivity index (χ2v) is 11.6. The summed E-state index contributed by atoms with van der Waals surface area (Å²) in [6, 6.07) is 15.1. The Bertz CT molecular complexity index is 1670. The lowest BCUT2D eigenvalue weighted by Crippen LogP contribution is -2.29. The first kappa shape index (κ1) is 28.3. The first-order valence-corrected chi connectivity index (χ1v) is 14.5. The number of halogens is 1. The quantitative estimate of drug-likeness (QED) is 0.0805. The molecule has 5 rings (SSSR count). The number of aryl methyl sites for hydroxylation is 2. The van der Waals surface area contributed by atoms with E-state index in [1.165, 1.54) is 34.9 Å². The van der Waals surface area contributed by atoms with E-state index in [1.54, 1.807) is 37.3 Å². The highest BCUT2D eigenvalue weighted by molar-refractivity contribution is 8.00. The number of carbonyl (C=O) groups excluding carboxylic acids is 2. The van der Waals surface area contributed by atoms with Gasteiger partial charge in [-0.15, -0.1) is 10.2 Å². The number of nitrogens with zero attached hydrogens (tertiary/aromatic N) is 3. The summed E-state index contributed by atoms with van der Waals surface area (Å²) < 4.78 is 19.4. The molecule has 1 aliphatic heterocycles. The van der Waals surface area contributed by atoms with Crippen molar-refractivity contribution in [3.8, 4) is 11.5 Å². The van der Waals surface area contributed by atoms with Gasteiger partial charge in [0, 0.05) is 11.3 Å². The summed E-state index contributed by atoms with van der Waals surface area (Å²) in [5.41, 5.74) is 3.26. The zero-order valence-corrected chi connectivity index (χ0v) is 24.1. The lowest BCUT2D eigenvalue weighted by molar-refractivity contribution is -0.132. The Labute approximate surface area is 244 Å². The highest BCUT2D eigenvalue weighted by Gasteiger charge is 2.48. The van der Waals surface area contributed by atoms with Gasteiger partial charge in [-0.2, -0.15) is 0 Å². The van der Waals surface area contributed by atoms with Crippen LogP contribution in [0.3, 0.4) is 0 Å². The van der Waals surface area contributed by atoms with Crippen molar-refractivity contribution < 1.29 is 28.9 Å². The second-order valence-electron chi connectivity index (χ2n) is 9.41. The molecule has 8 nitrogen and oxygen atoms in total. The van der Waals surface area contributed by atoms with Crippen LogP contribution in [0.5, 0.6) is 11.5 Å². The predicted octanol–water partition coefficient (Wildman–Crippen LogP) is 6.32. The van der Waals surface area contributed by atoms with Crippen molar-refractivity contribution in [2.24, 2.45) is 0 Å². The van der Waals surface area contributed by atoms with Crippen LogP contribution in [0.1, 0.15) is 40.8 Å². The maximum absolute atomic E-state index is 13.5. The van der Waals surface area contributed by atoms with Gasteiger partial charge < -0.3 is 14.9 Å². The molecule has 0 spiro atoms. The zero-order chi connectivity index (χ0) is 29.3. The Morgan fingerprint density at radius 1 is 1.07 bits per heavy atom. The van der Waals surface area contributed by atoms with Crippen molar-refractivity contribution in [1.29, 1.82) is 0 Å². The minimum absolute atomic E-state index is 0.0996. The van der Waals surface area contributed by atoms with E-state index in [4.69, 9.17) is 4.74 Å². The molecular weight excluding hydrogens is 565 g/mol. The SMILES string of the molecule is CCOc1cc(C2/C(=C(\O)c3cc(C)ccc3C)C(=O)C(=O)N2c2nnc(SCc3ccc(F)cc3)s2)ccc1O. The Morgan fingerprint density at radius 3 is 2.56 bits per heavy atom. The van der Waals surface area contributed by atoms with Gasteiger partial charge in [-0.05, 0) is 67.8 Å². The van der Waals surface area contributed by atoms with Gasteiger partial charge >= 0.3 is 5.91 Å². The van der Waals surface area contributed by atoms with Crippen LogP contribution in [0.25, 0.3) is 5.76 Å². The number of rotatable bonds is 8. The third-order valence-corrected chi connectivity index (χ3v) is 8.70. The van der Waals surface area contributed by atoms with E-state index in [2.05, 4.69) is 10.2 Å². The van der Waals surface area contributed by atoms with Crippen molar-refractivity contribution in [3.63, 3.8) is 0 Å². The molecule has 3 aromatic carbocycles. The van der Waals surface area contributed by atoms with Gasteiger partial charge in [-0.3, -0.25) is 14.5 Å². The number of carbonyl (C=O) groups is 2. The Hall–Kier alpha value is -4.22. The third kappa shape index (κ3) is 5.68. The monoisotopic (exact) mass is 591 g/mol. The number of hydrogen-bond donors (Lipinski definition) is 2. The molecule has 1 fully saturated rings. The van der Waals surface area contributed by atoms with Crippen LogP contribution in [0.4, 0.5) is 9.52 Å². The van der Waals surface area contributed by atoms with Crippen molar-refractivity contribution in [1.82, 2.24) is 10.2 Å². The average Bonchev–Trinajstić information content (AvgIpc) is 3.52. The molecule has 0 radical (unpaired) electrons. The molecule has 0 aliphatic carbocycles. The van der Waals surface area contributed by atoms with Crippen molar-refractivity contribution in [2.45, 2.75) is 36.9 Å². The molecule has 210 valence electrons. The predicted molar refractivity (Wildman–Crippen MR) is 156 cm³/mol. The number of aliphatic hydroxyl groups excluding tert-OH is 1. The minimum Gasteiger partial charge on any atom is -0.507 e. The summed E-state index contributed by atoms with van der Waals surface area (Å²) in [5, 5.41) is 30.4. The Balaban J connectivity index is 1.59. The molecule has 4 aromatic rings. The van der Waals surface area contributed by atoms with Gasteiger partial charge in [0.2, 0.25) is 5.13 Å². The molecular formula is C30H26FN3O5S2. The molecule has 1 unspecified atom stereocenters. The van der Waals surface area contributed by atoms with Crippen LogP contribution in [0.15, 0.2) is 70.6 Å². The number of ketones is 1. The van der Waals surface area contributed by atoms with Gasteiger partial charge in [0.25, 0.3) is 5.78 Å². The van der Waals surface area contributed by atoms with Crippen LogP contribution in [0, 0.1) is 19.7 Å². The lowest BCUT2D eigenvalue weighted by atomic mass is 9.93. The summed E-state index contributed by atoms with van der Waals surface area (Å²) in [6.45, 7) is 5.73. The topological polar surface area (TPSA) is 113 Å². The number of aromatic nitrogens is 2. The number of benzene rings is 3. The number of aromatic hydroxyl groups is 1.